The molecular weight excluding hydrogens is 311 g/mol. The first-order valence-corrected chi connectivity index (χ1v) is 7.99. The molecule has 108 valence electrons. The van der Waals surface area contributed by atoms with Crippen molar-refractivity contribution in [1.82, 2.24) is 5.32 Å². The van der Waals surface area contributed by atoms with Crippen molar-refractivity contribution in [2.75, 3.05) is 11.9 Å². The van der Waals surface area contributed by atoms with Crippen molar-refractivity contribution in [2.24, 2.45) is 0 Å². The van der Waals surface area contributed by atoms with Crippen LogP contribution in [-0.2, 0) is 0 Å². The Balaban J connectivity index is 1.74. The van der Waals surface area contributed by atoms with Crippen molar-refractivity contribution < 1.29 is 0 Å². The Morgan fingerprint density at radius 2 is 2.05 bits per heavy atom. The number of hydrogen-bond acceptors (Lipinski definition) is 1. The Labute approximate surface area is 135 Å². The Morgan fingerprint density at radius 1 is 1.20 bits per heavy atom. The lowest BCUT2D eigenvalue weighted by Gasteiger charge is -2.14. The summed E-state index contributed by atoms with van der Waals surface area (Å²) in [6.45, 7) is 0.860. The van der Waals surface area contributed by atoms with Crippen LogP contribution in [-0.4, -0.2) is 11.7 Å². The Morgan fingerprint density at radius 3 is 2.75 bits per heavy atom. The topological polar surface area (TPSA) is 24.1 Å². The second-order valence-corrected chi connectivity index (χ2v) is 6.09. The van der Waals surface area contributed by atoms with Gasteiger partial charge in [-0.05, 0) is 62.5 Å². The van der Waals surface area contributed by atoms with E-state index in [-0.39, 0.29) is 0 Å². The molecule has 20 heavy (non-hydrogen) atoms. The summed E-state index contributed by atoms with van der Waals surface area (Å²) in [6, 6.07) is 5.37. The maximum absolute atomic E-state index is 5.96. The van der Waals surface area contributed by atoms with E-state index in [1.807, 2.05) is 6.07 Å². The van der Waals surface area contributed by atoms with Gasteiger partial charge in [-0.1, -0.05) is 34.9 Å². The van der Waals surface area contributed by atoms with Crippen molar-refractivity contribution in [3.63, 3.8) is 0 Å². The van der Waals surface area contributed by atoms with Gasteiger partial charge in [0.25, 0.3) is 0 Å². The van der Waals surface area contributed by atoms with E-state index in [2.05, 4.69) is 16.7 Å². The number of halogens is 2. The molecule has 0 atom stereocenters. The van der Waals surface area contributed by atoms with Crippen LogP contribution in [0.1, 0.15) is 32.1 Å². The summed E-state index contributed by atoms with van der Waals surface area (Å²) in [5, 5.41) is 7.99. The van der Waals surface area contributed by atoms with Gasteiger partial charge in [0.1, 0.15) is 0 Å². The molecule has 2 nitrogen and oxygen atoms in total. The second kappa shape index (κ2) is 7.87. The van der Waals surface area contributed by atoms with Crippen LogP contribution in [0.2, 0.25) is 10.0 Å². The molecule has 0 aromatic heterocycles. The van der Waals surface area contributed by atoms with Crippen molar-refractivity contribution in [3.05, 3.63) is 39.9 Å². The zero-order valence-corrected chi connectivity index (χ0v) is 13.5. The van der Waals surface area contributed by atoms with Crippen molar-refractivity contribution in [3.8, 4) is 0 Å². The number of anilines is 1. The summed E-state index contributed by atoms with van der Waals surface area (Å²) >= 11 is 17.1. The van der Waals surface area contributed by atoms with Gasteiger partial charge in [-0.3, -0.25) is 0 Å². The normalized spacial score (nSPS) is 14.6. The fraction of sp³-hybridized carbons (Fsp3) is 0.400. The molecule has 0 spiro atoms. The van der Waals surface area contributed by atoms with Crippen LogP contribution in [0.3, 0.4) is 0 Å². The molecule has 0 saturated carbocycles. The molecule has 0 radical (unpaired) electrons. The number of thiocarbonyl (C=S) groups is 1. The van der Waals surface area contributed by atoms with E-state index in [0.717, 1.165) is 18.7 Å². The number of benzene rings is 1. The highest BCUT2D eigenvalue weighted by atomic mass is 35.5. The maximum atomic E-state index is 5.96. The van der Waals surface area contributed by atoms with Crippen LogP contribution < -0.4 is 10.6 Å². The second-order valence-electron chi connectivity index (χ2n) is 4.87. The molecular formula is C15H18Cl2N2S. The summed E-state index contributed by atoms with van der Waals surface area (Å²) in [4.78, 5) is 0. The number of rotatable bonds is 4. The molecule has 1 aliphatic rings. The average molecular weight is 329 g/mol. The number of hydrogen-bond donors (Lipinski definition) is 2. The fourth-order valence-corrected chi connectivity index (χ4v) is 2.74. The van der Waals surface area contributed by atoms with E-state index in [9.17, 15) is 0 Å². The summed E-state index contributed by atoms with van der Waals surface area (Å²) in [6.07, 6.45) is 8.52. The lowest BCUT2D eigenvalue weighted by Crippen LogP contribution is -2.29. The summed E-state index contributed by atoms with van der Waals surface area (Å²) in [5.41, 5.74) is 2.38. The highest BCUT2D eigenvalue weighted by Gasteiger charge is 2.04. The molecule has 0 fully saturated rings. The summed E-state index contributed by atoms with van der Waals surface area (Å²) in [5.74, 6) is 0. The molecule has 1 aliphatic carbocycles. The standard InChI is InChI=1S/C15H18Cl2N2S/c16-13-7-6-12(10-14(13)17)19-15(20)18-9-8-11-4-2-1-3-5-11/h4,6-7,10H,1-3,5,8-9H2,(H2,18,19,20). The SMILES string of the molecule is S=C(NCCC1=CCCCC1)Nc1ccc(Cl)c(Cl)c1. The van der Waals surface area contributed by atoms with Crippen molar-refractivity contribution >= 4 is 46.2 Å². The molecule has 2 N–H and O–H groups in total. The van der Waals surface area contributed by atoms with E-state index in [0.29, 0.717) is 15.2 Å². The van der Waals surface area contributed by atoms with Crippen LogP contribution in [0.25, 0.3) is 0 Å². The Hall–Kier alpha value is -0.770. The van der Waals surface area contributed by atoms with Crippen molar-refractivity contribution in [2.45, 2.75) is 32.1 Å². The van der Waals surface area contributed by atoms with E-state index in [1.54, 1.807) is 17.7 Å². The largest absolute Gasteiger partial charge is 0.362 e. The van der Waals surface area contributed by atoms with Crippen LogP contribution in [0, 0.1) is 0 Å². The van der Waals surface area contributed by atoms with Crippen LogP contribution in [0.15, 0.2) is 29.8 Å². The zero-order chi connectivity index (χ0) is 14.4. The van der Waals surface area contributed by atoms with Gasteiger partial charge in [-0.25, -0.2) is 0 Å². The molecule has 0 aliphatic heterocycles. The predicted molar refractivity (Wildman–Crippen MR) is 91.9 cm³/mol. The molecule has 0 unspecified atom stereocenters. The number of nitrogens with one attached hydrogen (secondary N) is 2. The minimum atomic E-state index is 0.520. The lowest BCUT2D eigenvalue weighted by atomic mass is 9.97. The third kappa shape index (κ3) is 4.97. The third-order valence-electron chi connectivity index (χ3n) is 3.29. The number of allylic oxidation sites excluding steroid dienone is 1. The van der Waals surface area contributed by atoms with Crippen LogP contribution in [0.5, 0.6) is 0 Å². The van der Waals surface area contributed by atoms with Crippen molar-refractivity contribution in [1.29, 1.82) is 0 Å². The first kappa shape index (κ1) is 15.6. The van der Waals surface area contributed by atoms with E-state index in [4.69, 9.17) is 35.4 Å². The average Bonchev–Trinajstić information content (AvgIpc) is 2.44. The lowest BCUT2D eigenvalue weighted by molar-refractivity contribution is 0.669. The summed E-state index contributed by atoms with van der Waals surface area (Å²) < 4.78 is 0. The van der Waals surface area contributed by atoms with Gasteiger partial charge in [0, 0.05) is 12.2 Å². The highest BCUT2D eigenvalue weighted by molar-refractivity contribution is 7.80. The zero-order valence-electron chi connectivity index (χ0n) is 11.2. The first-order valence-electron chi connectivity index (χ1n) is 6.83. The molecule has 0 saturated heterocycles. The van der Waals surface area contributed by atoms with Crippen LogP contribution in [0.4, 0.5) is 5.69 Å². The van der Waals surface area contributed by atoms with Gasteiger partial charge < -0.3 is 10.6 Å². The third-order valence-corrected chi connectivity index (χ3v) is 4.28. The van der Waals surface area contributed by atoms with Gasteiger partial charge in [-0.2, -0.15) is 0 Å². The first-order chi connectivity index (χ1) is 9.65. The van der Waals surface area contributed by atoms with Crippen LogP contribution >= 0.6 is 35.4 Å². The monoisotopic (exact) mass is 328 g/mol. The smallest absolute Gasteiger partial charge is 0.170 e. The molecule has 5 heteroatoms. The van der Waals surface area contributed by atoms with Gasteiger partial charge >= 0.3 is 0 Å². The molecule has 0 amide bonds. The minimum Gasteiger partial charge on any atom is -0.362 e. The Kier molecular flexibility index (Phi) is 6.14. The van der Waals surface area contributed by atoms with E-state index < -0.39 is 0 Å². The van der Waals surface area contributed by atoms with E-state index in [1.165, 1.54) is 25.7 Å². The van der Waals surface area contributed by atoms with Gasteiger partial charge in [0.05, 0.1) is 10.0 Å². The molecule has 2 rings (SSSR count). The van der Waals surface area contributed by atoms with Gasteiger partial charge in [-0.15, -0.1) is 0 Å². The molecule has 1 aromatic rings. The maximum Gasteiger partial charge on any atom is 0.170 e. The molecule has 0 heterocycles. The van der Waals surface area contributed by atoms with Gasteiger partial charge in [0.15, 0.2) is 5.11 Å². The molecule has 1 aromatic carbocycles. The molecule has 0 bridgehead atoms. The fourth-order valence-electron chi connectivity index (χ4n) is 2.22. The highest BCUT2D eigenvalue weighted by Crippen LogP contribution is 2.25. The predicted octanol–water partition coefficient (Wildman–Crippen LogP) is 5.17. The minimum absolute atomic E-state index is 0.520. The Bertz CT molecular complexity index is 515. The van der Waals surface area contributed by atoms with Gasteiger partial charge in [0.2, 0.25) is 0 Å². The quantitative estimate of drug-likeness (QED) is 0.589. The summed E-state index contributed by atoms with van der Waals surface area (Å²) in [7, 11) is 0. The van der Waals surface area contributed by atoms with E-state index >= 15 is 0 Å².